The highest BCUT2D eigenvalue weighted by Gasteiger charge is 2.32. The second-order valence-corrected chi connectivity index (χ2v) is 9.74. The van der Waals surface area contributed by atoms with E-state index in [9.17, 15) is 0 Å². The molecule has 2 aromatic rings. The van der Waals surface area contributed by atoms with Crippen LogP contribution in [0.25, 0.3) is 0 Å². The number of aromatic nitrogens is 1. The van der Waals surface area contributed by atoms with Gasteiger partial charge in [-0.05, 0) is 76.2 Å². The summed E-state index contributed by atoms with van der Waals surface area (Å²) in [6.07, 6.45) is 5.50. The fourth-order valence-electron chi connectivity index (χ4n) is 5.51. The number of ether oxygens (including phenoxy) is 2. The summed E-state index contributed by atoms with van der Waals surface area (Å²) in [5.41, 5.74) is 3.58. The van der Waals surface area contributed by atoms with Gasteiger partial charge in [-0.1, -0.05) is 12.1 Å². The zero-order valence-electron chi connectivity index (χ0n) is 19.7. The van der Waals surface area contributed by atoms with E-state index < -0.39 is 0 Å². The first-order valence-corrected chi connectivity index (χ1v) is 12.1. The van der Waals surface area contributed by atoms with E-state index in [4.69, 9.17) is 14.5 Å². The molecule has 3 aliphatic heterocycles. The van der Waals surface area contributed by atoms with E-state index in [1.165, 1.54) is 50.1 Å². The Labute approximate surface area is 192 Å². The molecule has 2 saturated heterocycles. The number of pyridine rings is 1. The highest BCUT2D eigenvalue weighted by molar-refractivity contribution is 5.45. The average molecular weight is 437 g/mol. The summed E-state index contributed by atoms with van der Waals surface area (Å²) in [4.78, 5) is 12.6. The summed E-state index contributed by atoms with van der Waals surface area (Å²) < 4.78 is 10.9. The molecule has 2 atom stereocenters. The highest BCUT2D eigenvalue weighted by Crippen LogP contribution is 2.33. The largest absolute Gasteiger partial charge is 0.454 e. The van der Waals surface area contributed by atoms with Crippen molar-refractivity contribution in [3.8, 4) is 11.5 Å². The molecule has 6 nitrogen and oxygen atoms in total. The fourth-order valence-corrected chi connectivity index (χ4v) is 5.51. The number of piperazine rings is 1. The summed E-state index contributed by atoms with van der Waals surface area (Å²) >= 11 is 0. The molecule has 5 rings (SSSR count). The first kappa shape index (κ1) is 21.7. The van der Waals surface area contributed by atoms with Gasteiger partial charge in [-0.25, -0.2) is 0 Å². The number of hydrogen-bond donors (Lipinski definition) is 0. The maximum absolute atomic E-state index is 5.50. The molecule has 6 heteroatoms. The van der Waals surface area contributed by atoms with Crippen LogP contribution >= 0.6 is 0 Å². The monoisotopic (exact) mass is 436 g/mol. The molecule has 0 unspecified atom stereocenters. The molecular formula is C26H36N4O2. The van der Waals surface area contributed by atoms with Crippen LogP contribution in [0.1, 0.15) is 49.6 Å². The topological polar surface area (TPSA) is 41.1 Å². The van der Waals surface area contributed by atoms with Crippen molar-refractivity contribution in [1.29, 1.82) is 0 Å². The van der Waals surface area contributed by atoms with Crippen molar-refractivity contribution < 1.29 is 9.47 Å². The van der Waals surface area contributed by atoms with Crippen molar-refractivity contribution in [3.05, 3.63) is 53.3 Å². The maximum Gasteiger partial charge on any atom is 0.231 e. The predicted molar refractivity (Wildman–Crippen MR) is 126 cm³/mol. The lowest BCUT2D eigenvalue weighted by Crippen LogP contribution is -2.56. The molecule has 0 bridgehead atoms. The number of rotatable bonds is 5. The van der Waals surface area contributed by atoms with Crippen LogP contribution < -0.4 is 9.47 Å². The molecule has 0 N–H and O–H groups in total. The third-order valence-corrected chi connectivity index (χ3v) is 7.56. The Bertz CT molecular complexity index is 911. The Morgan fingerprint density at radius 2 is 1.84 bits per heavy atom. The Kier molecular flexibility index (Phi) is 6.35. The van der Waals surface area contributed by atoms with E-state index in [1.54, 1.807) is 0 Å². The molecule has 0 aliphatic carbocycles. The van der Waals surface area contributed by atoms with E-state index in [0.29, 0.717) is 18.9 Å². The van der Waals surface area contributed by atoms with E-state index in [0.717, 1.165) is 36.2 Å². The van der Waals surface area contributed by atoms with Gasteiger partial charge in [0.15, 0.2) is 11.5 Å². The molecule has 1 aromatic carbocycles. The molecular weight excluding hydrogens is 400 g/mol. The number of hydrogen-bond acceptors (Lipinski definition) is 6. The highest BCUT2D eigenvalue weighted by atomic mass is 16.7. The van der Waals surface area contributed by atoms with E-state index in [1.807, 2.05) is 6.07 Å². The van der Waals surface area contributed by atoms with Crippen LogP contribution in [0.15, 0.2) is 36.5 Å². The number of benzene rings is 1. The minimum Gasteiger partial charge on any atom is -0.454 e. The molecule has 1 aromatic heterocycles. The molecule has 0 amide bonds. The number of piperidine rings is 1. The van der Waals surface area contributed by atoms with Crippen molar-refractivity contribution in [2.45, 2.75) is 51.2 Å². The fraction of sp³-hybridized carbons (Fsp3) is 0.577. The first-order chi connectivity index (χ1) is 15.6. The van der Waals surface area contributed by atoms with E-state index in [2.05, 4.69) is 66.1 Å². The van der Waals surface area contributed by atoms with Gasteiger partial charge in [0.05, 0.1) is 0 Å². The molecule has 172 valence electrons. The number of fused-ring (bicyclic) bond motifs is 1. The third-order valence-electron chi connectivity index (χ3n) is 7.56. The maximum atomic E-state index is 5.50. The quantitative estimate of drug-likeness (QED) is 0.714. The van der Waals surface area contributed by atoms with Crippen molar-refractivity contribution >= 4 is 0 Å². The smallest absolute Gasteiger partial charge is 0.231 e. The lowest BCUT2D eigenvalue weighted by molar-refractivity contribution is 0.0158. The van der Waals surface area contributed by atoms with Gasteiger partial charge >= 0.3 is 0 Å². The average Bonchev–Trinajstić information content (AvgIpc) is 3.27. The van der Waals surface area contributed by atoms with Crippen molar-refractivity contribution in [3.63, 3.8) is 0 Å². The van der Waals surface area contributed by atoms with Gasteiger partial charge in [0, 0.05) is 56.1 Å². The summed E-state index contributed by atoms with van der Waals surface area (Å²) in [5, 5.41) is 0. The molecule has 3 aliphatic rings. The van der Waals surface area contributed by atoms with Gasteiger partial charge in [0.25, 0.3) is 0 Å². The van der Waals surface area contributed by atoms with Crippen molar-refractivity contribution in [2.24, 2.45) is 0 Å². The van der Waals surface area contributed by atoms with E-state index in [-0.39, 0.29) is 0 Å². The van der Waals surface area contributed by atoms with Gasteiger partial charge in [0.1, 0.15) is 0 Å². The SMILES string of the molecule is C[C@@H]1CN(C2CCN(C)CC2)CCN1[C@@H](C)c1ccc(Cc2ccc3c(c2)OCO3)nc1. The first-order valence-electron chi connectivity index (χ1n) is 12.1. The van der Waals surface area contributed by atoms with Crippen LogP contribution in [-0.4, -0.2) is 78.3 Å². The molecule has 0 saturated carbocycles. The van der Waals surface area contributed by atoms with Crippen LogP contribution in [0.3, 0.4) is 0 Å². The summed E-state index contributed by atoms with van der Waals surface area (Å²) in [6, 6.07) is 12.3. The van der Waals surface area contributed by atoms with Crippen molar-refractivity contribution in [1.82, 2.24) is 19.7 Å². The number of nitrogens with zero attached hydrogens (tertiary/aromatic N) is 4. The van der Waals surface area contributed by atoms with Crippen LogP contribution in [0, 0.1) is 0 Å². The molecule has 2 fully saturated rings. The van der Waals surface area contributed by atoms with Crippen LogP contribution in [0.4, 0.5) is 0 Å². The van der Waals surface area contributed by atoms with Gasteiger partial charge in [-0.2, -0.15) is 0 Å². The van der Waals surface area contributed by atoms with E-state index >= 15 is 0 Å². The second kappa shape index (κ2) is 9.38. The standard InChI is InChI=1S/C26H36N4O2/c1-19-17-29(24-8-10-28(3)11-9-24)12-13-30(19)20(2)22-5-6-23(27-16-22)14-21-4-7-25-26(15-21)32-18-31-25/h4-7,15-16,19-20,24H,8-14,17-18H2,1-3H3/t19-,20+/m1/s1. The van der Waals surface area contributed by atoms with Crippen LogP contribution in [-0.2, 0) is 6.42 Å². The zero-order valence-corrected chi connectivity index (χ0v) is 19.7. The van der Waals surface area contributed by atoms with Gasteiger partial charge in [0.2, 0.25) is 6.79 Å². The summed E-state index contributed by atoms with van der Waals surface area (Å²) in [7, 11) is 2.24. The van der Waals surface area contributed by atoms with Crippen LogP contribution in [0.2, 0.25) is 0 Å². The lowest BCUT2D eigenvalue weighted by Gasteiger charge is -2.47. The van der Waals surface area contributed by atoms with Gasteiger partial charge in [-0.3, -0.25) is 14.8 Å². The molecule has 4 heterocycles. The summed E-state index contributed by atoms with van der Waals surface area (Å²) in [6.45, 7) is 11.0. The third kappa shape index (κ3) is 4.63. The Morgan fingerprint density at radius 1 is 1.03 bits per heavy atom. The summed E-state index contributed by atoms with van der Waals surface area (Å²) in [5.74, 6) is 1.66. The number of likely N-dealkylation sites (tertiary alicyclic amines) is 1. The molecule has 0 radical (unpaired) electrons. The Morgan fingerprint density at radius 3 is 2.59 bits per heavy atom. The van der Waals surface area contributed by atoms with Gasteiger partial charge in [-0.15, -0.1) is 0 Å². The van der Waals surface area contributed by atoms with Gasteiger partial charge < -0.3 is 14.4 Å². The minimum atomic E-state index is 0.314. The predicted octanol–water partition coefficient (Wildman–Crippen LogP) is 3.56. The van der Waals surface area contributed by atoms with Crippen molar-refractivity contribution in [2.75, 3.05) is 46.6 Å². The zero-order chi connectivity index (χ0) is 22.1. The Balaban J connectivity index is 1.18. The normalized spacial score (nSPS) is 24.0. The van der Waals surface area contributed by atoms with Crippen LogP contribution in [0.5, 0.6) is 11.5 Å². The molecule has 0 spiro atoms. The molecule has 32 heavy (non-hydrogen) atoms. The minimum absolute atomic E-state index is 0.314. The lowest BCUT2D eigenvalue weighted by atomic mass is 9.99. The second-order valence-electron chi connectivity index (χ2n) is 9.74. The Hall–Kier alpha value is -2.15.